The van der Waals surface area contributed by atoms with Gasteiger partial charge in [-0.2, -0.15) is 0 Å². The molecule has 2 aliphatic rings. The lowest BCUT2D eigenvalue weighted by molar-refractivity contribution is -0.114. The van der Waals surface area contributed by atoms with Crippen LogP contribution in [-0.4, -0.2) is 18.4 Å². The Bertz CT molecular complexity index is 1340. The molecule has 0 aromatic heterocycles. The molecular weight excluding hydrogens is 512 g/mol. The van der Waals surface area contributed by atoms with Crippen LogP contribution in [0.5, 0.6) is 0 Å². The maximum Gasteiger partial charge on any atom is 0.265 e. The van der Waals surface area contributed by atoms with Crippen molar-refractivity contribution in [1.82, 2.24) is 5.32 Å². The molecule has 5 rings (SSSR count). The minimum absolute atomic E-state index is 0.0441. The summed E-state index contributed by atoms with van der Waals surface area (Å²) >= 11 is 7.67. The highest BCUT2D eigenvalue weighted by Gasteiger charge is 2.29. The third-order valence-corrected chi connectivity index (χ3v) is 8.93. The van der Waals surface area contributed by atoms with Crippen molar-refractivity contribution in [2.45, 2.75) is 50.5 Å². The zero-order chi connectivity index (χ0) is 26.5. The van der Waals surface area contributed by atoms with E-state index in [0.29, 0.717) is 34.5 Å². The van der Waals surface area contributed by atoms with Crippen LogP contribution in [0.15, 0.2) is 82.6 Å². The third-order valence-electron chi connectivity index (χ3n) is 7.62. The first-order chi connectivity index (χ1) is 18.5. The van der Waals surface area contributed by atoms with Gasteiger partial charge < -0.3 is 10.2 Å². The Hall–Kier alpha value is -3.02. The van der Waals surface area contributed by atoms with Crippen molar-refractivity contribution in [2.75, 3.05) is 11.4 Å². The van der Waals surface area contributed by atoms with E-state index < -0.39 is 0 Å². The fourth-order valence-electron chi connectivity index (χ4n) is 5.41. The van der Waals surface area contributed by atoms with Gasteiger partial charge in [-0.25, -0.2) is 0 Å². The molecule has 1 saturated carbocycles. The summed E-state index contributed by atoms with van der Waals surface area (Å²) in [6, 6.07) is 23.0. The minimum Gasteiger partial charge on any atom is -0.352 e. The predicted molar refractivity (Wildman–Crippen MR) is 157 cm³/mol. The van der Waals surface area contributed by atoms with Crippen molar-refractivity contribution < 1.29 is 9.59 Å². The van der Waals surface area contributed by atoms with Gasteiger partial charge in [-0.3, -0.25) is 9.59 Å². The fraction of sp³-hybridized carbons (Fsp3) is 0.312. The summed E-state index contributed by atoms with van der Waals surface area (Å²) < 4.78 is 0. The van der Waals surface area contributed by atoms with E-state index in [1.165, 1.54) is 37.4 Å². The molecule has 2 amide bonds. The maximum absolute atomic E-state index is 13.6. The Morgan fingerprint density at radius 1 is 1.05 bits per heavy atom. The third kappa shape index (κ3) is 6.33. The van der Waals surface area contributed by atoms with Crippen LogP contribution < -0.4 is 10.2 Å². The first-order valence-corrected chi connectivity index (χ1v) is 14.6. The first kappa shape index (κ1) is 26.6. The lowest BCUT2D eigenvalue weighted by atomic mass is 9.79. The number of halogens is 1. The largest absolute Gasteiger partial charge is 0.352 e. The standard InChI is InChI=1S/C32H33ClN2O2S/c1-22-7-2-3-9-25(22)17-18-34-31(36)26-15-13-23(14-16-26)20-30-32(37)35(21-24-8-6-10-27(33)19-24)28-11-4-5-12-29(28)38-30/h4-6,8,10-16,19-20,22,25H,2-3,7,9,17-18,21H2,1H3,(H,34,36)/b30-20+/t22-,25-/m0/s1. The lowest BCUT2D eigenvalue weighted by Gasteiger charge is -2.30. The summed E-state index contributed by atoms with van der Waals surface area (Å²) in [5.74, 6) is 1.37. The summed E-state index contributed by atoms with van der Waals surface area (Å²) in [4.78, 5) is 29.7. The maximum atomic E-state index is 13.6. The second-order valence-corrected chi connectivity index (χ2v) is 11.8. The van der Waals surface area contributed by atoms with Gasteiger partial charge in [-0.15, -0.1) is 0 Å². The van der Waals surface area contributed by atoms with Gasteiger partial charge in [0.1, 0.15) is 0 Å². The number of carbonyl (C=O) groups excluding carboxylic acids is 2. The Morgan fingerprint density at radius 2 is 1.84 bits per heavy atom. The van der Waals surface area contributed by atoms with E-state index in [9.17, 15) is 9.59 Å². The van der Waals surface area contributed by atoms with E-state index in [-0.39, 0.29) is 11.8 Å². The number of nitrogens with zero attached hydrogens (tertiary/aromatic N) is 1. The van der Waals surface area contributed by atoms with Gasteiger partial charge in [-0.1, -0.05) is 92.4 Å². The van der Waals surface area contributed by atoms with Crippen molar-refractivity contribution in [3.05, 3.63) is 99.4 Å². The molecule has 0 spiro atoms. The average molecular weight is 545 g/mol. The van der Waals surface area contributed by atoms with Crippen LogP contribution in [0.4, 0.5) is 5.69 Å². The average Bonchev–Trinajstić information content (AvgIpc) is 2.92. The van der Waals surface area contributed by atoms with Gasteiger partial charge in [0.2, 0.25) is 0 Å². The molecule has 1 aliphatic heterocycles. The fourth-order valence-corrected chi connectivity index (χ4v) is 6.69. The molecule has 196 valence electrons. The topological polar surface area (TPSA) is 49.4 Å². The molecule has 1 fully saturated rings. The molecule has 3 aromatic rings. The summed E-state index contributed by atoms with van der Waals surface area (Å²) in [6.07, 6.45) is 8.18. The Kier molecular flexibility index (Phi) is 8.55. The summed E-state index contributed by atoms with van der Waals surface area (Å²) in [5.41, 5.74) is 3.39. The molecule has 0 unspecified atom stereocenters. The predicted octanol–water partition coefficient (Wildman–Crippen LogP) is 7.97. The van der Waals surface area contributed by atoms with Crippen molar-refractivity contribution in [1.29, 1.82) is 0 Å². The van der Waals surface area contributed by atoms with Crippen LogP contribution in [0.25, 0.3) is 6.08 Å². The number of benzene rings is 3. The van der Waals surface area contributed by atoms with Crippen molar-refractivity contribution in [3.8, 4) is 0 Å². The number of para-hydroxylation sites is 1. The number of hydrogen-bond donors (Lipinski definition) is 1. The van der Waals surface area contributed by atoms with E-state index in [1.54, 1.807) is 4.90 Å². The Morgan fingerprint density at radius 3 is 2.63 bits per heavy atom. The van der Waals surface area contributed by atoms with E-state index in [4.69, 9.17) is 11.6 Å². The number of anilines is 1. The molecule has 3 aromatic carbocycles. The molecule has 2 atom stereocenters. The number of amides is 2. The van der Waals surface area contributed by atoms with Gasteiger partial charge in [0.25, 0.3) is 11.8 Å². The van der Waals surface area contributed by atoms with Crippen LogP contribution in [0.2, 0.25) is 5.02 Å². The molecule has 1 aliphatic carbocycles. The van der Waals surface area contributed by atoms with Crippen LogP contribution in [-0.2, 0) is 11.3 Å². The number of rotatable bonds is 7. The molecule has 1 heterocycles. The molecular formula is C32H33ClN2O2S. The SMILES string of the molecule is C[C@H]1CCCC[C@H]1CCNC(=O)c1ccc(/C=C2/Sc3ccccc3N(Cc3cccc(Cl)c3)C2=O)cc1. The summed E-state index contributed by atoms with van der Waals surface area (Å²) in [5, 5.41) is 3.74. The second-order valence-electron chi connectivity index (χ2n) is 10.3. The quantitative estimate of drug-likeness (QED) is 0.307. The van der Waals surface area contributed by atoms with Crippen molar-refractivity contribution in [3.63, 3.8) is 0 Å². The molecule has 0 bridgehead atoms. The number of fused-ring (bicyclic) bond motifs is 1. The van der Waals surface area contributed by atoms with E-state index in [2.05, 4.69) is 12.2 Å². The molecule has 38 heavy (non-hydrogen) atoms. The number of nitrogens with one attached hydrogen (secondary N) is 1. The van der Waals surface area contributed by atoms with Gasteiger partial charge in [-0.05, 0) is 71.9 Å². The monoisotopic (exact) mass is 544 g/mol. The van der Waals surface area contributed by atoms with E-state index >= 15 is 0 Å². The van der Waals surface area contributed by atoms with Gasteiger partial charge in [0.15, 0.2) is 0 Å². The van der Waals surface area contributed by atoms with Gasteiger partial charge in [0, 0.05) is 22.0 Å². The number of thioether (sulfide) groups is 1. The van der Waals surface area contributed by atoms with Crippen LogP contribution in [0, 0.1) is 11.8 Å². The van der Waals surface area contributed by atoms with Gasteiger partial charge >= 0.3 is 0 Å². The highest BCUT2D eigenvalue weighted by atomic mass is 35.5. The summed E-state index contributed by atoms with van der Waals surface area (Å²) in [7, 11) is 0. The van der Waals surface area contributed by atoms with Crippen LogP contribution in [0.3, 0.4) is 0 Å². The molecule has 0 radical (unpaired) electrons. The van der Waals surface area contributed by atoms with Crippen LogP contribution in [0.1, 0.15) is 60.5 Å². The van der Waals surface area contributed by atoms with Crippen molar-refractivity contribution >= 4 is 46.9 Å². The summed E-state index contributed by atoms with van der Waals surface area (Å²) in [6.45, 7) is 3.49. The molecule has 1 N–H and O–H groups in total. The molecule has 0 saturated heterocycles. The smallest absolute Gasteiger partial charge is 0.265 e. The first-order valence-electron chi connectivity index (χ1n) is 13.4. The van der Waals surface area contributed by atoms with Gasteiger partial charge in [0.05, 0.1) is 17.1 Å². The minimum atomic E-state index is -0.0487. The number of carbonyl (C=O) groups is 2. The highest BCUT2D eigenvalue weighted by Crippen LogP contribution is 2.42. The zero-order valence-corrected chi connectivity index (χ0v) is 23.2. The Labute approximate surface area is 234 Å². The zero-order valence-electron chi connectivity index (χ0n) is 21.7. The number of hydrogen-bond acceptors (Lipinski definition) is 3. The molecule has 6 heteroatoms. The molecule has 4 nitrogen and oxygen atoms in total. The highest BCUT2D eigenvalue weighted by molar-refractivity contribution is 8.04. The Balaban J connectivity index is 1.27. The lowest BCUT2D eigenvalue weighted by Crippen LogP contribution is -2.33. The van der Waals surface area contributed by atoms with Crippen molar-refractivity contribution in [2.24, 2.45) is 11.8 Å². The van der Waals surface area contributed by atoms with E-state index in [1.807, 2.05) is 78.9 Å². The van der Waals surface area contributed by atoms with E-state index in [0.717, 1.165) is 34.0 Å². The van der Waals surface area contributed by atoms with Crippen LogP contribution >= 0.6 is 23.4 Å². The second kappa shape index (κ2) is 12.2. The normalized spacial score (nSPS) is 20.3.